The highest BCUT2D eigenvalue weighted by Gasteiger charge is 2.23. The van der Waals surface area contributed by atoms with Crippen LogP contribution in [0.15, 0.2) is 58.4 Å². The van der Waals surface area contributed by atoms with Gasteiger partial charge in [0.2, 0.25) is 0 Å². The van der Waals surface area contributed by atoms with Gasteiger partial charge in [-0.3, -0.25) is 4.90 Å². The third-order valence-electron chi connectivity index (χ3n) is 5.63. The zero-order valence-electron chi connectivity index (χ0n) is 18.8. The minimum absolute atomic E-state index is 0.309. The van der Waals surface area contributed by atoms with Crippen LogP contribution in [0.25, 0.3) is 0 Å². The van der Waals surface area contributed by atoms with E-state index < -0.39 is 9.84 Å². The maximum atomic E-state index is 11.8. The van der Waals surface area contributed by atoms with Gasteiger partial charge in [0.05, 0.1) is 17.5 Å². The van der Waals surface area contributed by atoms with E-state index in [0.29, 0.717) is 17.5 Å². The lowest BCUT2D eigenvalue weighted by atomic mass is 10.1. The Balaban J connectivity index is 1.71. The Bertz CT molecular complexity index is 984. The molecule has 1 aliphatic rings. The van der Waals surface area contributed by atoms with Crippen molar-refractivity contribution in [2.24, 2.45) is 4.99 Å². The molecule has 0 spiro atoms. The highest BCUT2D eigenvalue weighted by atomic mass is 32.2. The number of hydrogen-bond acceptors (Lipinski definition) is 4. The van der Waals surface area contributed by atoms with Crippen molar-refractivity contribution in [3.05, 3.63) is 65.2 Å². The van der Waals surface area contributed by atoms with Crippen LogP contribution < -0.4 is 10.6 Å². The first-order valence-corrected chi connectivity index (χ1v) is 12.9. The summed E-state index contributed by atoms with van der Waals surface area (Å²) in [6.07, 6.45) is 3.74. The fourth-order valence-corrected chi connectivity index (χ4v) is 5.08. The molecule has 0 radical (unpaired) electrons. The third-order valence-corrected chi connectivity index (χ3v) is 6.89. The summed E-state index contributed by atoms with van der Waals surface area (Å²) in [7, 11) is -3.21. The monoisotopic (exact) mass is 442 g/mol. The highest BCUT2D eigenvalue weighted by molar-refractivity contribution is 7.90. The van der Waals surface area contributed by atoms with Gasteiger partial charge in [-0.25, -0.2) is 13.4 Å². The standard InChI is InChI=1S/C24H34N4O2S/c1-4-25-24(26-17-20-12-13-23(19(2)16-20)31(3,29)30)27-18-22(28-14-8-9-15-28)21-10-6-5-7-11-21/h5-7,10-13,16,22H,4,8-9,14-15,17-18H2,1-3H3,(H2,25,26,27). The van der Waals surface area contributed by atoms with Gasteiger partial charge in [0.1, 0.15) is 0 Å². The first-order chi connectivity index (χ1) is 14.9. The molecular formula is C24H34N4O2S. The topological polar surface area (TPSA) is 73.8 Å². The second-order valence-corrected chi connectivity index (χ2v) is 10.1. The quantitative estimate of drug-likeness (QED) is 0.485. The predicted molar refractivity (Wildman–Crippen MR) is 127 cm³/mol. The molecule has 1 atom stereocenters. The smallest absolute Gasteiger partial charge is 0.191 e. The Hall–Kier alpha value is -2.38. The van der Waals surface area contributed by atoms with Crippen LogP contribution in [0.1, 0.15) is 42.5 Å². The van der Waals surface area contributed by atoms with E-state index in [1.54, 1.807) is 6.07 Å². The first-order valence-electron chi connectivity index (χ1n) is 11.0. The lowest BCUT2D eigenvalue weighted by Crippen LogP contribution is -2.42. The predicted octanol–water partition coefficient (Wildman–Crippen LogP) is 3.29. The molecule has 31 heavy (non-hydrogen) atoms. The lowest BCUT2D eigenvalue weighted by molar-refractivity contribution is 0.245. The first kappa shape index (κ1) is 23.3. The number of sulfone groups is 1. The van der Waals surface area contributed by atoms with E-state index in [1.807, 2.05) is 19.1 Å². The van der Waals surface area contributed by atoms with Gasteiger partial charge in [-0.2, -0.15) is 0 Å². The van der Waals surface area contributed by atoms with Gasteiger partial charge in [0.25, 0.3) is 0 Å². The average Bonchev–Trinajstić information content (AvgIpc) is 3.26. The number of rotatable bonds is 8. The summed E-state index contributed by atoms with van der Waals surface area (Å²) >= 11 is 0. The second kappa shape index (κ2) is 10.8. The summed E-state index contributed by atoms with van der Waals surface area (Å²) < 4.78 is 23.7. The Morgan fingerprint density at radius 2 is 1.81 bits per heavy atom. The van der Waals surface area contributed by atoms with Crippen molar-refractivity contribution in [3.63, 3.8) is 0 Å². The molecule has 0 aliphatic carbocycles. The van der Waals surface area contributed by atoms with E-state index in [2.05, 4.69) is 52.8 Å². The Morgan fingerprint density at radius 3 is 2.42 bits per heavy atom. The van der Waals surface area contributed by atoms with Crippen LogP contribution in [-0.2, 0) is 16.4 Å². The van der Waals surface area contributed by atoms with Crippen molar-refractivity contribution in [3.8, 4) is 0 Å². The summed E-state index contributed by atoms with van der Waals surface area (Å²) in [5.74, 6) is 0.771. The van der Waals surface area contributed by atoms with Gasteiger partial charge >= 0.3 is 0 Å². The summed E-state index contributed by atoms with van der Waals surface area (Å²) in [6, 6.07) is 16.4. The minimum Gasteiger partial charge on any atom is -0.357 e. The van der Waals surface area contributed by atoms with E-state index >= 15 is 0 Å². The van der Waals surface area contributed by atoms with E-state index in [-0.39, 0.29) is 0 Å². The summed E-state index contributed by atoms with van der Waals surface area (Å²) in [5, 5.41) is 6.84. The molecule has 2 N–H and O–H groups in total. The number of nitrogens with zero attached hydrogens (tertiary/aromatic N) is 2. The molecule has 1 aliphatic heterocycles. The summed E-state index contributed by atoms with van der Waals surface area (Å²) in [4.78, 5) is 7.65. The molecular weight excluding hydrogens is 408 g/mol. The number of benzene rings is 2. The van der Waals surface area contributed by atoms with Crippen LogP contribution in [0, 0.1) is 6.92 Å². The molecule has 0 aromatic heterocycles. The highest BCUT2D eigenvalue weighted by Crippen LogP contribution is 2.24. The zero-order valence-corrected chi connectivity index (χ0v) is 19.6. The number of hydrogen-bond donors (Lipinski definition) is 2. The van der Waals surface area contributed by atoms with Crippen LogP contribution in [0.3, 0.4) is 0 Å². The van der Waals surface area contributed by atoms with Crippen molar-refractivity contribution in [1.82, 2.24) is 15.5 Å². The van der Waals surface area contributed by atoms with Crippen molar-refractivity contribution in [1.29, 1.82) is 0 Å². The Morgan fingerprint density at radius 1 is 1.10 bits per heavy atom. The Labute approximate surface area is 186 Å². The van der Waals surface area contributed by atoms with Crippen LogP contribution in [0.2, 0.25) is 0 Å². The minimum atomic E-state index is -3.21. The molecule has 1 fully saturated rings. The van der Waals surface area contributed by atoms with Gasteiger partial charge in [-0.05, 0) is 62.5 Å². The maximum Gasteiger partial charge on any atom is 0.191 e. The molecule has 0 saturated carbocycles. The number of nitrogens with one attached hydrogen (secondary N) is 2. The number of aryl methyl sites for hydroxylation is 1. The van der Waals surface area contributed by atoms with Gasteiger partial charge < -0.3 is 10.6 Å². The average molecular weight is 443 g/mol. The molecule has 6 nitrogen and oxygen atoms in total. The van der Waals surface area contributed by atoms with Gasteiger partial charge in [-0.1, -0.05) is 42.5 Å². The fraction of sp³-hybridized carbons (Fsp3) is 0.458. The molecule has 168 valence electrons. The second-order valence-electron chi connectivity index (χ2n) is 8.12. The molecule has 1 unspecified atom stereocenters. The summed E-state index contributed by atoms with van der Waals surface area (Å²) in [5.41, 5.74) is 3.06. The third kappa shape index (κ3) is 6.55. The van der Waals surface area contributed by atoms with Crippen LogP contribution in [0.4, 0.5) is 0 Å². The van der Waals surface area contributed by atoms with E-state index in [0.717, 1.165) is 43.3 Å². The SMILES string of the molecule is CCNC(=NCc1ccc(S(C)(=O)=O)c(C)c1)NCC(c1ccccc1)N1CCCC1. The molecule has 0 amide bonds. The van der Waals surface area contributed by atoms with Crippen molar-refractivity contribution in [2.45, 2.75) is 44.2 Å². The summed E-state index contributed by atoms with van der Waals surface area (Å²) in [6.45, 7) is 8.17. The number of aliphatic imine (C=N–C) groups is 1. The van der Waals surface area contributed by atoms with Crippen molar-refractivity contribution < 1.29 is 8.42 Å². The fourth-order valence-electron chi connectivity index (χ4n) is 4.12. The molecule has 7 heteroatoms. The van der Waals surface area contributed by atoms with E-state index in [4.69, 9.17) is 4.99 Å². The molecule has 0 bridgehead atoms. The molecule has 3 rings (SSSR count). The van der Waals surface area contributed by atoms with Crippen LogP contribution >= 0.6 is 0 Å². The normalized spacial score (nSPS) is 16.3. The zero-order chi connectivity index (χ0) is 22.3. The van der Waals surface area contributed by atoms with Gasteiger partial charge in [0, 0.05) is 19.3 Å². The molecule has 2 aromatic rings. The largest absolute Gasteiger partial charge is 0.357 e. The molecule has 1 heterocycles. The van der Waals surface area contributed by atoms with Crippen LogP contribution in [0.5, 0.6) is 0 Å². The number of likely N-dealkylation sites (tertiary alicyclic amines) is 1. The molecule has 1 saturated heterocycles. The molecule has 2 aromatic carbocycles. The van der Waals surface area contributed by atoms with Crippen LogP contribution in [-0.4, -0.2) is 51.7 Å². The van der Waals surface area contributed by atoms with Crippen molar-refractivity contribution >= 4 is 15.8 Å². The lowest BCUT2D eigenvalue weighted by Gasteiger charge is -2.29. The van der Waals surface area contributed by atoms with E-state index in [9.17, 15) is 8.42 Å². The van der Waals surface area contributed by atoms with E-state index in [1.165, 1.54) is 24.7 Å². The Kier molecular flexibility index (Phi) is 8.09. The van der Waals surface area contributed by atoms with Gasteiger partial charge in [-0.15, -0.1) is 0 Å². The van der Waals surface area contributed by atoms with Gasteiger partial charge in [0.15, 0.2) is 15.8 Å². The number of guanidine groups is 1. The van der Waals surface area contributed by atoms with Crippen molar-refractivity contribution in [2.75, 3.05) is 32.4 Å². The maximum absolute atomic E-state index is 11.8.